The van der Waals surface area contributed by atoms with Crippen LogP contribution in [0.3, 0.4) is 0 Å². The number of piperazine rings is 1. The monoisotopic (exact) mass is 405 g/mol. The molecule has 2 heterocycles. The Morgan fingerprint density at radius 2 is 1.50 bits per heavy atom. The van der Waals surface area contributed by atoms with Crippen molar-refractivity contribution in [1.29, 1.82) is 0 Å². The first-order chi connectivity index (χ1) is 14.5. The maximum atomic E-state index is 13.0. The van der Waals surface area contributed by atoms with Crippen molar-refractivity contribution in [3.05, 3.63) is 71.8 Å². The molecule has 2 aliphatic rings. The second-order valence-corrected chi connectivity index (χ2v) is 8.30. The maximum absolute atomic E-state index is 13.0. The van der Waals surface area contributed by atoms with Gasteiger partial charge in [-0.05, 0) is 18.1 Å². The first kappa shape index (κ1) is 20.3. The van der Waals surface area contributed by atoms with Gasteiger partial charge in [0.05, 0.1) is 5.41 Å². The van der Waals surface area contributed by atoms with Gasteiger partial charge in [0.2, 0.25) is 17.7 Å². The van der Waals surface area contributed by atoms with E-state index in [1.165, 1.54) is 5.56 Å². The van der Waals surface area contributed by atoms with Crippen molar-refractivity contribution in [3.63, 3.8) is 0 Å². The molecule has 2 aromatic rings. The van der Waals surface area contributed by atoms with Gasteiger partial charge in [-0.25, -0.2) is 0 Å². The van der Waals surface area contributed by atoms with E-state index in [0.29, 0.717) is 13.1 Å². The highest BCUT2D eigenvalue weighted by molar-refractivity contribution is 6.10. The molecule has 2 saturated heterocycles. The fourth-order valence-electron chi connectivity index (χ4n) is 4.31. The highest BCUT2D eigenvalue weighted by Gasteiger charge is 2.49. The summed E-state index contributed by atoms with van der Waals surface area (Å²) in [5.41, 5.74) is 1.17. The lowest BCUT2D eigenvalue weighted by atomic mass is 9.81. The molecule has 2 aliphatic heterocycles. The van der Waals surface area contributed by atoms with Crippen LogP contribution in [0.15, 0.2) is 60.7 Å². The van der Waals surface area contributed by atoms with Crippen LogP contribution in [-0.2, 0) is 26.3 Å². The van der Waals surface area contributed by atoms with Gasteiger partial charge in [0.15, 0.2) is 0 Å². The predicted octanol–water partition coefficient (Wildman–Crippen LogP) is 2.05. The molecular formula is C24H27N3O3. The summed E-state index contributed by atoms with van der Waals surface area (Å²) in [7, 11) is 0. The van der Waals surface area contributed by atoms with E-state index in [-0.39, 0.29) is 30.7 Å². The minimum Gasteiger partial charge on any atom is -0.339 e. The first-order valence-corrected chi connectivity index (χ1v) is 10.4. The van der Waals surface area contributed by atoms with Gasteiger partial charge < -0.3 is 4.90 Å². The molecule has 1 atom stereocenters. The largest absolute Gasteiger partial charge is 0.339 e. The Morgan fingerprint density at radius 3 is 2.13 bits per heavy atom. The summed E-state index contributed by atoms with van der Waals surface area (Å²) in [6.07, 6.45) is 0.105. The van der Waals surface area contributed by atoms with Gasteiger partial charge in [-0.3, -0.25) is 24.2 Å². The Balaban J connectivity index is 1.34. The van der Waals surface area contributed by atoms with E-state index < -0.39 is 5.41 Å². The molecule has 6 nitrogen and oxygen atoms in total. The van der Waals surface area contributed by atoms with Crippen LogP contribution < -0.4 is 0 Å². The topological polar surface area (TPSA) is 60.9 Å². The number of imide groups is 1. The van der Waals surface area contributed by atoms with Crippen LogP contribution >= 0.6 is 0 Å². The number of amides is 3. The molecule has 6 heteroatoms. The summed E-state index contributed by atoms with van der Waals surface area (Å²) in [6, 6.07) is 19.6. The third-order valence-electron chi connectivity index (χ3n) is 6.20. The van der Waals surface area contributed by atoms with Crippen molar-refractivity contribution in [2.75, 3.05) is 32.7 Å². The molecule has 0 spiro atoms. The smallest absolute Gasteiger partial charge is 0.242 e. The Morgan fingerprint density at radius 1 is 0.900 bits per heavy atom. The zero-order valence-corrected chi connectivity index (χ0v) is 17.3. The van der Waals surface area contributed by atoms with Gasteiger partial charge in [0, 0.05) is 39.1 Å². The number of hydrogen-bond acceptors (Lipinski definition) is 4. The van der Waals surface area contributed by atoms with Gasteiger partial charge in [-0.15, -0.1) is 0 Å². The molecule has 156 valence electrons. The Hall–Kier alpha value is -2.99. The lowest BCUT2D eigenvalue weighted by Gasteiger charge is -2.35. The van der Waals surface area contributed by atoms with Gasteiger partial charge in [0.1, 0.15) is 6.54 Å². The van der Waals surface area contributed by atoms with Crippen LogP contribution in [-0.4, -0.2) is 65.1 Å². The molecule has 4 rings (SSSR count). The summed E-state index contributed by atoms with van der Waals surface area (Å²) in [4.78, 5) is 43.7. The molecule has 0 saturated carbocycles. The highest BCUT2D eigenvalue weighted by atomic mass is 16.2. The molecule has 3 amide bonds. The molecule has 0 N–H and O–H groups in total. The van der Waals surface area contributed by atoms with Crippen LogP contribution in [0.25, 0.3) is 0 Å². The third kappa shape index (κ3) is 4.00. The number of benzene rings is 2. The molecule has 2 aromatic carbocycles. The number of nitrogens with zero attached hydrogens (tertiary/aromatic N) is 3. The van der Waals surface area contributed by atoms with E-state index in [1.54, 1.807) is 11.8 Å². The van der Waals surface area contributed by atoms with E-state index in [4.69, 9.17) is 0 Å². The van der Waals surface area contributed by atoms with E-state index in [9.17, 15) is 14.4 Å². The van der Waals surface area contributed by atoms with Crippen molar-refractivity contribution in [2.45, 2.75) is 25.3 Å². The molecule has 0 aromatic heterocycles. The van der Waals surface area contributed by atoms with Crippen molar-refractivity contribution in [1.82, 2.24) is 14.7 Å². The predicted molar refractivity (Wildman–Crippen MR) is 113 cm³/mol. The van der Waals surface area contributed by atoms with E-state index in [1.807, 2.05) is 48.5 Å². The fraction of sp³-hybridized carbons (Fsp3) is 0.375. The van der Waals surface area contributed by atoms with Crippen molar-refractivity contribution in [2.24, 2.45) is 0 Å². The summed E-state index contributed by atoms with van der Waals surface area (Å²) in [5.74, 6) is -0.717. The van der Waals surface area contributed by atoms with Gasteiger partial charge in [0.25, 0.3) is 0 Å². The summed E-state index contributed by atoms with van der Waals surface area (Å²) < 4.78 is 0. The number of hydrogen-bond donors (Lipinski definition) is 0. The van der Waals surface area contributed by atoms with Crippen molar-refractivity contribution >= 4 is 17.7 Å². The standard InChI is InChI=1S/C24H27N3O3/c1-24(20-10-6-3-7-11-20)16-21(28)27(23(24)30)18-22(29)26-14-12-25(13-15-26)17-19-8-4-2-5-9-19/h2-11H,12-18H2,1H3. The Labute approximate surface area is 177 Å². The van der Waals surface area contributed by atoms with Gasteiger partial charge >= 0.3 is 0 Å². The van der Waals surface area contributed by atoms with Gasteiger partial charge in [-0.1, -0.05) is 60.7 Å². The van der Waals surface area contributed by atoms with Crippen LogP contribution in [0.1, 0.15) is 24.5 Å². The van der Waals surface area contributed by atoms with Crippen molar-refractivity contribution in [3.8, 4) is 0 Å². The normalized spacial score (nSPS) is 22.6. The summed E-state index contributed by atoms with van der Waals surface area (Å²) >= 11 is 0. The summed E-state index contributed by atoms with van der Waals surface area (Å²) in [6.45, 7) is 5.26. The van der Waals surface area contributed by atoms with Gasteiger partial charge in [-0.2, -0.15) is 0 Å². The van der Waals surface area contributed by atoms with E-state index >= 15 is 0 Å². The third-order valence-corrected chi connectivity index (χ3v) is 6.20. The average Bonchev–Trinajstić information content (AvgIpc) is 2.99. The second kappa shape index (κ2) is 8.40. The number of likely N-dealkylation sites (tertiary alicyclic amines) is 1. The molecular weight excluding hydrogens is 378 g/mol. The first-order valence-electron chi connectivity index (χ1n) is 10.4. The number of carbonyl (C=O) groups excluding carboxylic acids is 3. The highest BCUT2D eigenvalue weighted by Crippen LogP contribution is 2.36. The van der Waals surface area contributed by atoms with E-state index in [2.05, 4.69) is 17.0 Å². The summed E-state index contributed by atoms with van der Waals surface area (Å²) in [5, 5.41) is 0. The quantitative estimate of drug-likeness (QED) is 0.715. The minimum atomic E-state index is -0.896. The van der Waals surface area contributed by atoms with E-state index in [0.717, 1.165) is 30.1 Å². The lowest BCUT2D eigenvalue weighted by molar-refractivity contribution is -0.147. The number of carbonyl (C=O) groups is 3. The maximum Gasteiger partial charge on any atom is 0.242 e. The van der Waals surface area contributed by atoms with Crippen LogP contribution in [0, 0.1) is 0 Å². The lowest BCUT2D eigenvalue weighted by Crippen LogP contribution is -2.51. The Bertz CT molecular complexity index is 923. The Kier molecular flexibility index (Phi) is 5.68. The molecule has 30 heavy (non-hydrogen) atoms. The number of rotatable bonds is 5. The molecule has 0 bridgehead atoms. The molecule has 0 radical (unpaired) electrons. The fourth-order valence-corrected chi connectivity index (χ4v) is 4.31. The average molecular weight is 405 g/mol. The SMILES string of the molecule is CC1(c2ccccc2)CC(=O)N(CC(=O)N2CCN(Cc3ccccc3)CC2)C1=O. The molecule has 1 unspecified atom stereocenters. The van der Waals surface area contributed by atoms with Crippen LogP contribution in [0.2, 0.25) is 0 Å². The zero-order chi connectivity index (χ0) is 21.1. The van der Waals surface area contributed by atoms with Crippen LogP contribution in [0.5, 0.6) is 0 Å². The molecule has 2 fully saturated rings. The molecule has 0 aliphatic carbocycles. The second-order valence-electron chi connectivity index (χ2n) is 8.30. The van der Waals surface area contributed by atoms with Crippen molar-refractivity contribution < 1.29 is 14.4 Å². The van der Waals surface area contributed by atoms with Crippen LogP contribution in [0.4, 0.5) is 0 Å². The minimum absolute atomic E-state index is 0.105. The zero-order valence-electron chi connectivity index (χ0n) is 17.3.